The number of esters is 1. The highest BCUT2D eigenvalue weighted by Crippen LogP contribution is 2.19. The van der Waals surface area contributed by atoms with Crippen molar-refractivity contribution in [2.75, 3.05) is 29.9 Å². The monoisotopic (exact) mass is 354 g/mol. The maximum Gasteiger partial charge on any atom is 0.340 e. The smallest absolute Gasteiger partial charge is 0.340 e. The Balaban J connectivity index is 1.71. The molecule has 0 aliphatic carbocycles. The lowest BCUT2D eigenvalue weighted by Crippen LogP contribution is -2.30. The van der Waals surface area contributed by atoms with Gasteiger partial charge in [-0.25, -0.2) is 14.8 Å². The summed E-state index contributed by atoms with van der Waals surface area (Å²) in [4.78, 5) is 35.2. The Kier molecular flexibility index (Phi) is 5.78. The molecule has 26 heavy (non-hydrogen) atoms. The molecule has 1 amide bonds. The Bertz CT molecular complexity index is 771. The third-order valence-corrected chi connectivity index (χ3v) is 4.22. The molecule has 2 aromatic rings. The highest BCUT2D eigenvalue weighted by Gasteiger charge is 2.17. The highest BCUT2D eigenvalue weighted by atomic mass is 16.5. The zero-order valence-corrected chi connectivity index (χ0v) is 14.8. The molecule has 1 fully saturated rings. The Morgan fingerprint density at radius 3 is 2.58 bits per heavy atom. The van der Waals surface area contributed by atoms with E-state index in [1.807, 2.05) is 0 Å². The number of amides is 1. The van der Waals surface area contributed by atoms with Gasteiger partial charge in [-0.2, -0.15) is 0 Å². The number of nitrogens with zero attached hydrogens (tertiary/aromatic N) is 3. The second-order valence-corrected chi connectivity index (χ2v) is 6.03. The van der Waals surface area contributed by atoms with Crippen LogP contribution in [0.2, 0.25) is 0 Å². The van der Waals surface area contributed by atoms with Gasteiger partial charge in [0.25, 0.3) is 5.91 Å². The molecule has 0 radical (unpaired) electrons. The number of ether oxygens (including phenoxy) is 1. The van der Waals surface area contributed by atoms with E-state index in [1.54, 1.807) is 37.4 Å². The largest absolute Gasteiger partial charge is 0.462 e. The summed E-state index contributed by atoms with van der Waals surface area (Å²) in [6.07, 6.45) is 6.62. The second-order valence-electron chi connectivity index (χ2n) is 6.03. The van der Waals surface area contributed by atoms with E-state index in [4.69, 9.17) is 4.74 Å². The van der Waals surface area contributed by atoms with Crippen molar-refractivity contribution >= 4 is 23.4 Å². The molecule has 0 saturated carbocycles. The molecule has 1 saturated heterocycles. The van der Waals surface area contributed by atoms with Crippen LogP contribution in [0.25, 0.3) is 0 Å². The summed E-state index contributed by atoms with van der Waals surface area (Å²) in [5, 5.41) is 2.71. The topological polar surface area (TPSA) is 84.4 Å². The lowest BCUT2D eigenvalue weighted by atomic mass is 10.1. The molecule has 1 N–H and O–H groups in total. The molecule has 136 valence electrons. The van der Waals surface area contributed by atoms with E-state index in [2.05, 4.69) is 20.2 Å². The fourth-order valence-corrected chi connectivity index (χ4v) is 2.89. The molecule has 0 atom stereocenters. The van der Waals surface area contributed by atoms with E-state index in [0.717, 1.165) is 31.7 Å². The number of aromatic nitrogens is 2. The van der Waals surface area contributed by atoms with E-state index < -0.39 is 11.9 Å². The minimum Gasteiger partial charge on any atom is -0.462 e. The van der Waals surface area contributed by atoms with Crippen LogP contribution in [0.4, 0.5) is 11.5 Å². The van der Waals surface area contributed by atoms with Gasteiger partial charge in [-0.15, -0.1) is 0 Å². The van der Waals surface area contributed by atoms with Crippen molar-refractivity contribution in [3.63, 3.8) is 0 Å². The van der Waals surface area contributed by atoms with Crippen molar-refractivity contribution in [3.8, 4) is 0 Å². The van der Waals surface area contributed by atoms with Crippen LogP contribution in [-0.2, 0) is 4.74 Å². The number of hydrogen-bond acceptors (Lipinski definition) is 6. The Labute approximate surface area is 152 Å². The van der Waals surface area contributed by atoms with Crippen molar-refractivity contribution in [3.05, 3.63) is 47.9 Å². The molecular weight excluding hydrogens is 332 g/mol. The standard InChI is InChI=1S/C19H22N4O3/c1-2-26-19(25)14-8-4-5-9-15(14)22-18(24)16-12-21-17(13-20-16)23-10-6-3-7-11-23/h4-5,8-9,12-13H,2-3,6-7,10-11H2,1H3,(H,22,24). The van der Waals surface area contributed by atoms with Crippen LogP contribution in [0.15, 0.2) is 36.7 Å². The fourth-order valence-electron chi connectivity index (χ4n) is 2.89. The predicted molar refractivity (Wildman–Crippen MR) is 98.4 cm³/mol. The number of hydrogen-bond donors (Lipinski definition) is 1. The first-order valence-corrected chi connectivity index (χ1v) is 8.83. The number of carbonyl (C=O) groups is 2. The summed E-state index contributed by atoms with van der Waals surface area (Å²) in [6.45, 7) is 3.93. The number of nitrogens with one attached hydrogen (secondary N) is 1. The first kappa shape index (κ1) is 17.8. The second kappa shape index (κ2) is 8.42. The van der Waals surface area contributed by atoms with Gasteiger partial charge in [0.15, 0.2) is 0 Å². The maximum atomic E-state index is 12.5. The molecule has 7 heteroatoms. The van der Waals surface area contributed by atoms with E-state index in [9.17, 15) is 9.59 Å². The van der Waals surface area contributed by atoms with Gasteiger partial charge in [0.2, 0.25) is 0 Å². The Morgan fingerprint density at radius 1 is 1.12 bits per heavy atom. The van der Waals surface area contributed by atoms with Gasteiger partial charge in [-0.05, 0) is 38.3 Å². The number of para-hydroxylation sites is 1. The lowest BCUT2D eigenvalue weighted by Gasteiger charge is -2.27. The van der Waals surface area contributed by atoms with Crippen LogP contribution in [0.1, 0.15) is 47.0 Å². The van der Waals surface area contributed by atoms with Crippen molar-refractivity contribution in [1.29, 1.82) is 0 Å². The first-order chi connectivity index (χ1) is 12.7. The lowest BCUT2D eigenvalue weighted by molar-refractivity contribution is 0.0527. The minimum atomic E-state index is -0.477. The molecule has 1 aliphatic rings. The third-order valence-electron chi connectivity index (χ3n) is 4.22. The molecule has 1 aromatic heterocycles. The minimum absolute atomic E-state index is 0.199. The summed E-state index contributed by atoms with van der Waals surface area (Å²) in [5.74, 6) is -0.109. The van der Waals surface area contributed by atoms with E-state index in [0.29, 0.717) is 11.3 Å². The van der Waals surface area contributed by atoms with Gasteiger partial charge in [0.05, 0.1) is 30.3 Å². The third kappa shape index (κ3) is 4.17. The molecule has 1 aromatic carbocycles. The zero-order chi connectivity index (χ0) is 18.4. The molecule has 3 rings (SSSR count). The summed E-state index contributed by atoms with van der Waals surface area (Å²) < 4.78 is 5.02. The van der Waals surface area contributed by atoms with Gasteiger partial charge in [-0.1, -0.05) is 12.1 Å². The van der Waals surface area contributed by atoms with Crippen LogP contribution < -0.4 is 10.2 Å². The molecule has 7 nitrogen and oxygen atoms in total. The number of benzene rings is 1. The van der Waals surface area contributed by atoms with Crippen molar-refractivity contribution in [2.24, 2.45) is 0 Å². The van der Waals surface area contributed by atoms with Gasteiger partial charge in [0, 0.05) is 13.1 Å². The molecular formula is C19H22N4O3. The number of piperidine rings is 1. The van der Waals surface area contributed by atoms with Gasteiger partial charge < -0.3 is 15.0 Å². The van der Waals surface area contributed by atoms with Crippen LogP contribution in [0, 0.1) is 0 Å². The summed E-state index contributed by atoms with van der Waals surface area (Å²) in [6, 6.07) is 6.72. The first-order valence-electron chi connectivity index (χ1n) is 8.83. The quantitative estimate of drug-likeness (QED) is 0.831. The van der Waals surface area contributed by atoms with Gasteiger partial charge >= 0.3 is 5.97 Å². The van der Waals surface area contributed by atoms with Crippen molar-refractivity contribution in [2.45, 2.75) is 26.2 Å². The van der Waals surface area contributed by atoms with Gasteiger partial charge in [0.1, 0.15) is 11.5 Å². The number of carbonyl (C=O) groups excluding carboxylic acids is 2. The van der Waals surface area contributed by atoms with Crippen molar-refractivity contribution < 1.29 is 14.3 Å². The number of rotatable bonds is 5. The zero-order valence-electron chi connectivity index (χ0n) is 14.8. The van der Waals surface area contributed by atoms with E-state index >= 15 is 0 Å². The predicted octanol–water partition coefficient (Wildman–Crippen LogP) is 2.90. The maximum absolute atomic E-state index is 12.5. The SMILES string of the molecule is CCOC(=O)c1ccccc1NC(=O)c1cnc(N2CCCCC2)cn1. The average molecular weight is 354 g/mol. The van der Waals surface area contributed by atoms with E-state index in [-0.39, 0.29) is 12.3 Å². The molecule has 2 heterocycles. The molecule has 1 aliphatic heterocycles. The molecule has 0 unspecified atom stereocenters. The highest BCUT2D eigenvalue weighted by molar-refractivity contribution is 6.06. The summed E-state index contributed by atoms with van der Waals surface area (Å²) in [5.41, 5.74) is 0.892. The van der Waals surface area contributed by atoms with Crippen LogP contribution >= 0.6 is 0 Å². The van der Waals surface area contributed by atoms with Crippen molar-refractivity contribution in [1.82, 2.24) is 9.97 Å². The Hall–Kier alpha value is -2.96. The molecule has 0 bridgehead atoms. The van der Waals surface area contributed by atoms with Gasteiger partial charge in [-0.3, -0.25) is 4.79 Å². The molecule has 0 spiro atoms. The summed E-state index contributed by atoms with van der Waals surface area (Å²) >= 11 is 0. The van der Waals surface area contributed by atoms with E-state index in [1.165, 1.54) is 12.6 Å². The van der Waals surface area contributed by atoms with Crippen LogP contribution in [0.5, 0.6) is 0 Å². The van der Waals surface area contributed by atoms with Crippen LogP contribution in [-0.4, -0.2) is 41.5 Å². The Morgan fingerprint density at radius 2 is 1.88 bits per heavy atom. The average Bonchev–Trinajstić information content (AvgIpc) is 2.69. The summed E-state index contributed by atoms with van der Waals surface area (Å²) in [7, 11) is 0. The van der Waals surface area contributed by atoms with Crippen LogP contribution in [0.3, 0.4) is 0 Å². The fraction of sp³-hybridized carbons (Fsp3) is 0.368. The number of anilines is 2. The normalized spacial score (nSPS) is 14.0.